The van der Waals surface area contributed by atoms with Gasteiger partial charge in [0, 0.05) is 12.1 Å². The monoisotopic (exact) mass is 281 g/mol. The van der Waals surface area contributed by atoms with Crippen molar-refractivity contribution < 1.29 is 23.1 Å². The van der Waals surface area contributed by atoms with Gasteiger partial charge in [0.2, 0.25) is 0 Å². The number of alkyl halides is 3. The molecule has 3 atom stereocenters. The van der Waals surface area contributed by atoms with E-state index in [1.165, 1.54) is 0 Å². The maximum Gasteiger partial charge on any atom is 0.391 e. The zero-order valence-electron chi connectivity index (χ0n) is 11.4. The van der Waals surface area contributed by atoms with Gasteiger partial charge in [0.1, 0.15) is 0 Å². The summed E-state index contributed by atoms with van der Waals surface area (Å²) in [6.45, 7) is 4.23. The standard InChI is InChI=1S/C13H22F3NO2/c1-3-17(9(2)7-12(18)19)11-6-4-5-10(8-11)13(14,15)16/h9-11H,3-8H2,1-2H3,(H,18,19). The van der Waals surface area contributed by atoms with Crippen LogP contribution in [0, 0.1) is 5.92 Å². The molecule has 1 N–H and O–H groups in total. The molecular formula is C13H22F3NO2. The first-order valence-electron chi connectivity index (χ1n) is 6.80. The maximum atomic E-state index is 12.8. The number of nitrogens with zero attached hydrogens (tertiary/aromatic N) is 1. The lowest BCUT2D eigenvalue weighted by Gasteiger charge is -2.40. The average Bonchev–Trinajstić information content (AvgIpc) is 2.28. The molecule has 1 aliphatic carbocycles. The van der Waals surface area contributed by atoms with E-state index >= 15 is 0 Å². The van der Waals surface area contributed by atoms with Crippen molar-refractivity contribution in [2.24, 2.45) is 5.92 Å². The third-order valence-electron chi connectivity index (χ3n) is 3.98. The highest BCUT2D eigenvalue weighted by molar-refractivity contribution is 5.67. The highest BCUT2D eigenvalue weighted by Crippen LogP contribution is 2.39. The van der Waals surface area contributed by atoms with E-state index < -0.39 is 18.1 Å². The van der Waals surface area contributed by atoms with Crippen molar-refractivity contribution in [2.45, 2.75) is 64.2 Å². The van der Waals surface area contributed by atoms with E-state index in [1.54, 1.807) is 6.92 Å². The molecule has 1 saturated carbocycles. The smallest absolute Gasteiger partial charge is 0.391 e. The zero-order chi connectivity index (χ0) is 14.6. The predicted octanol–water partition coefficient (Wildman–Crippen LogP) is 3.29. The van der Waals surface area contributed by atoms with Crippen LogP contribution < -0.4 is 0 Å². The summed E-state index contributed by atoms with van der Waals surface area (Å²) in [5.74, 6) is -2.15. The predicted molar refractivity (Wildman–Crippen MR) is 65.9 cm³/mol. The summed E-state index contributed by atoms with van der Waals surface area (Å²) in [6, 6.07) is -0.376. The summed E-state index contributed by atoms with van der Waals surface area (Å²) in [5.41, 5.74) is 0. The average molecular weight is 281 g/mol. The first-order chi connectivity index (χ1) is 8.75. The van der Waals surface area contributed by atoms with Crippen molar-refractivity contribution in [2.75, 3.05) is 6.54 Å². The molecule has 0 spiro atoms. The first kappa shape index (κ1) is 16.3. The highest BCUT2D eigenvalue weighted by Gasteiger charge is 2.43. The van der Waals surface area contributed by atoms with Crippen LogP contribution in [-0.2, 0) is 4.79 Å². The van der Waals surface area contributed by atoms with Crippen LogP contribution in [0.25, 0.3) is 0 Å². The molecule has 3 unspecified atom stereocenters. The number of carboxylic acids is 1. The third-order valence-corrected chi connectivity index (χ3v) is 3.98. The molecule has 0 saturated heterocycles. The van der Waals surface area contributed by atoms with Crippen molar-refractivity contribution in [1.29, 1.82) is 0 Å². The Kier molecular flexibility index (Phi) is 5.64. The minimum Gasteiger partial charge on any atom is -0.481 e. The molecule has 0 aromatic rings. The number of carboxylic acid groups (broad SMARTS) is 1. The van der Waals surface area contributed by atoms with Gasteiger partial charge in [-0.25, -0.2) is 0 Å². The van der Waals surface area contributed by atoms with E-state index in [0.717, 1.165) is 6.42 Å². The van der Waals surface area contributed by atoms with E-state index in [-0.39, 0.29) is 31.3 Å². The lowest BCUT2D eigenvalue weighted by atomic mass is 9.84. The Morgan fingerprint density at radius 1 is 1.42 bits per heavy atom. The number of carbonyl (C=O) groups is 1. The molecule has 0 aromatic heterocycles. The molecule has 1 aliphatic rings. The van der Waals surface area contributed by atoms with Crippen LogP contribution in [0.2, 0.25) is 0 Å². The van der Waals surface area contributed by atoms with Crippen LogP contribution in [0.3, 0.4) is 0 Å². The molecule has 0 aliphatic heterocycles. The molecule has 3 nitrogen and oxygen atoms in total. The van der Waals surface area contributed by atoms with Gasteiger partial charge in [0.05, 0.1) is 12.3 Å². The van der Waals surface area contributed by atoms with Crippen LogP contribution in [0.1, 0.15) is 46.0 Å². The summed E-state index contributed by atoms with van der Waals surface area (Å²) >= 11 is 0. The molecule has 0 radical (unpaired) electrons. The lowest BCUT2D eigenvalue weighted by molar-refractivity contribution is -0.187. The fourth-order valence-corrected chi connectivity index (χ4v) is 3.06. The fraction of sp³-hybridized carbons (Fsp3) is 0.923. The molecule has 19 heavy (non-hydrogen) atoms. The zero-order valence-corrected chi connectivity index (χ0v) is 11.4. The van der Waals surface area contributed by atoms with E-state index in [2.05, 4.69) is 0 Å². The SMILES string of the molecule is CCN(C(C)CC(=O)O)C1CCCC(C(F)(F)F)C1. The highest BCUT2D eigenvalue weighted by atomic mass is 19.4. The second-order valence-corrected chi connectivity index (χ2v) is 5.34. The van der Waals surface area contributed by atoms with E-state index in [9.17, 15) is 18.0 Å². The Bertz CT molecular complexity index is 307. The van der Waals surface area contributed by atoms with E-state index in [0.29, 0.717) is 13.0 Å². The lowest BCUT2D eigenvalue weighted by Crippen LogP contribution is -2.46. The summed E-state index contributed by atoms with van der Waals surface area (Å²) < 4.78 is 38.3. The molecule has 1 fully saturated rings. The van der Waals surface area contributed by atoms with Gasteiger partial charge in [-0.15, -0.1) is 0 Å². The number of rotatable bonds is 5. The third kappa shape index (κ3) is 4.67. The van der Waals surface area contributed by atoms with Crippen molar-refractivity contribution >= 4 is 5.97 Å². The molecular weight excluding hydrogens is 259 g/mol. The Hall–Kier alpha value is -0.780. The Balaban J connectivity index is 2.67. The maximum absolute atomic E-state index is 12.8. The molecule has 0 amide bonds. The molecule has 0 bridgehead atoms. The minimum absolute atomic E-state index is 0.0268. The second-order valence-electron chi connectivity index (χ2n) is 5.34. The number of hydrogen-bond donors (Lipinski definition) is 1. The van der Waals surface area contributed by atoms with Crippen LogP contribution in [0.4, 0.5) is 13.2 Å². The summed E-state index contributed by atoms with van der Waals surface area (Å²) in [5, 5.41) is 8.80. The van der Waals surface area contributed by atoms with E-state index in [4.69, 9.17) is 5.11 Å². The summed E-state index contributed by atoms with van der Waals surface area (Å²) in [4.78, 5) is 12.6. The molecule has 6 heteroatoms. The largest absolute Gasteiger partial charge is 0.481 e. The van der Waals surface area contributed by atoms with Gasteiger partial charge in [-0.3, -0.25) is 9.69 Å². The molecule has 0 aromatic carbocycles. The quantitative estimate of drug-likeness (QED) is 0.840. The summed E-state index contributed by atoms with van der Waals surface area (Å²) in [7, 11) is 0. The van der Waals surface area contributed by atoms with Crippen LogP contribution >= 0.6 is 0 Å². The van der Waals surface area contributed by atoms with Gasteiger partial charge in [-0.05, 0) is 32.7 Å². The van der Waals surface area contributed by atoms with Crippen molar-refractivity contribution in [3.05, 3.63) is 0 Å². The summed E-state index contributed by atoms with van der Waals surface area (Å²) in [6.07, 6.45) is -2.57. The Labute approximate surface area is 111 Å². The van der Waals surface area contributed by atoms with E-state index in [1.807, 2.05) is 11.8 Å². The molecule has 0 heterocycles. The second kappa shape index (κ2) is 6.59. The normalized spacial score (nSPS) is 26.4. The van der Waals surface area contributed by atoms with Crippen molar-refractivity contribution in [3.63, 3.8) is 0 Å². The van der Waals surface area contributed by atoms with Crippen molar-refractivity contribution in [1.82, 2.24) is 4.90 Å². The first-order valence-corrected chi connectivity index (χ1v) is 6.80. The fourth-order valence-electron chi connectivity index (χ4n) is 3.06. The van der Waals surface area contributed by atoms with Gasteiger partial charge < -0.3 is 5.11 Å². The number of hydrogen-bond acceptors (Lipinski definition) is 2. The Morgan fingerprint density at radius 3 is 2.53 bits per heavy atom. The van der Waals surface area contributed by atoms with Gasteiger partial charge in [-0.1, -0.05) is 13.3 Å². The van der Waals surface area contributed by atoms with Crippen LogP contribution in [0.5, 0.6) is 0 Å². The van der Waals surface area contributed by atoms with Gasteiger partial charge in [-0.2, -0.15) is 13.2 Å². The molecule has 112 valence electrons. The topological polar surface area (TPSA) is 40.5 Å². The molecule has 1 rings (SSSR count). The number of aliphatic carboxylic acids is 1. The van der Waals surface area contributed by atoms with Crippen molar-refractivity contribution in [3.8, 4) is 0 Å². The van der Waals surface area contributed by atoms with Crippen LogP contribution in [-0.4, -0.2) is 40.8 Å². The van der Waals surface area contributed by atoms with Gasteiger partial charge in [0.25, 0.3) is 0 Å². The minimum atomic E-state index is -4.13. The Morgan fingerprint density at radius 2 is 2.05 bits per heavy atom. The van der Waals surface area contributed by atoms with Crippen LogP contribution in [0.15, 0.2) is 0 Å². The number of halogens is 3. The van der Waals surface area contributed by atoms with Gasteiger partial charge in [0.15, 0.2) is 0 Å². The van der Waals surface area contributed by atoms with Gasteiger partial charge >= 0.3 is 12.1 Å².